The van der Waals surface area contributed by atoms with Crippen LogP contribution in [0.15, 0.2) is 0 Å². The molecule has 1 fully saturated rings. The van der Waals surface area contributed by atoms with E-state index in [1.807, 2.05) is 11.8 Å². The summed E-state index contributed by atoms with van der Waals surface area (Å²) >= 11 is 0. The summed E-state index contributed by atoms with van der Waals surface area (Å²) in [5.41, 5.74) is 0. The van der Waals surface area contributed by atoms with E-state index in [4.69, 9.17) is 5.11 Å². The van der Waals surface area contributed by atoms with Crippen molar-refractivity contribution in [1.82, 2.24) is 15.1 Å². The highest BCUT2D eigenvalue weighted by Gasteiger charge is 2.24. The fourth-order valence-electron chi connectivity index (χ4n) is 2.08. The van der Waals surface area contributed by atoms with E-state index in [2.05, 4.69) is 10.2 Å². The zero-order valence-electron chi connectivity index (χ0n) is 11.2. The smallest absolute Gasteiger partial charge is 0.320 e. The molecule has 1 unspecified atom stereocenters. The molecule has 1 aliphatic rings. The van der Waals surface area contributed by atoms with Crippen molar-refractivity contribution in [2.75, 3.05) is 39.3 Å². The molecule has 1 saturated heterocycles. The average molecular weight is 257 g/mol. The van der Waals surface area contributed by atoms with Gasteiger partial charge in [-0.2, -0.15) is 0 Å². The minimum absolute atomic E-state index is 0.0823. The lowest BCUT2D eigenvalue weighted by Gasteiger charge is -2.36. The summed E-state index contributed by atoms with van der Waals surface area (Å²) in [5.74, 6) is -0.690. The Labute approximate surface area is 108 Å². The molecule has 2 N–H and O–H groups in total. The van der Waals surface area contributed by atoms with Gasteiger partial charge in [-0.3, -0.25) is 14.5 Å². The third kappa shape index (κ3) is 4.62. The minimum Gasteiger partial charge on any atom is -0.480 e. The summed E-state index contributed by atoms with van der Waals surface area (Å²) < 4.78 is 0. The Morgan fingerprint density at radius 2 is 1.89 bits per heavy atom. The van der Waals surface area contributed by atoms with Crippen LogP contribution in [0.4, 0.5) is 0 Å². The fourth-order valence-corrected chi connectivity index (χ4v) is 2.08. The second-order valence-electron chi connectivity index (χ2n) is 4.60. The molecule has 0 aromatic rings. The van der Waals surface area contributed by atoms with Crippen molar-refractivity contribution >= 4 is 11.9 Å². The first kappa shape index (κ1) is 14.9. The number of nitrogens with zero attached hydrogens (tertiary/aromatic N) is 2. The number of aliphatic carboxylic acids is 1. The van der Waals surface area contributed by atoms with Gasteiger partial charge in [0.25, 0.3) is 0 Å². The topological polar surface area (TPSA) is 72.9 Å². The quantitative estimate of drug-likeness (QED) is 0.677. The van der Waals surface area contributed by atoms with Gasteiger partial charge in [-0.15, -0.1) is 0 Å². The van der Waals surface area contributed by atoms with E-state index in [9.17, 15) is 9.59 Å². The molecule has 1 heterocycles. The van der Waals surface area contributed by atoms with Gasteiger partial charge >= 0.3 is 5.97 Å². The van der Waals surface area contributed by atoms with Crippen LogP contribution in [0.1, 0.15) is 20.3 Å². The van der Waals surface area contributed by atoms with Crippen LogP contribution in [0.2, 0.25) is 0 Å². The predicted octanol–water partition coefficient (Wildman–Crippen LogP) is -0.397. The Kier molecular flexibility index (Phi) is 6.07. The predicted molar refractivity (Wildman–Crippen MR) is 68.4 cm³/mol. The lowest BCUT2D eigenvalue weighted by molar-refractivity contribution is -0.143. The van der Waals surface area contributed by atoms with E-state index in [1.165, 1.54) is 0 Å². The van der Waals surface area contributed by atoms with Gasteiger partial charge < -0.3 is 15.3 Å². The number of amides is 1. The number of hydrogen-bond donors (Lipinski definition) is 2. The van der Waals surface area contributed by atoms with Crippen molar-refractivity contribution < 1.29 is 14.7 Å². The first-order chi connectivity index (χ1) is 8.54. The number of piperazine rings is 1. The van der Waals surface area contributed by atoms with Gasteiger partial charge in [0.15, 0.2) is 0 Å². The standard InChI is InChI=1S/C12H23N3O3/c1-3-13-11(16)4-5-14-6-8-15(9-7-14)10(2)12(17)18/h10H,3-9H2,1-2H3,(H,13,16)(H,17,18). The zero-order valence-corrected chi connectivity index (χ0v) is 11.2. The molecule has 1 atom stereocenters. The summed E-state index contributed by atoms with van der Waals surface area (Å²) in [6, 6.07) is -0.421. The van der Waals surface area contributed by atoms with Gasteiger partial charge in [0.1, 0.15) is 6.04 Å². The monoisotopic (exact) mass is 257 g/mol. The molecule has 6 heteroatoms. The molecule has 1 amide bonds. The molecule has 1 rings (SSSR count). The van der Waals surface area contributed by atoms with Crippen LogP contribution in [0.5, 0.6) is 0 Å². The number of hydrogen-bond acceptors (Lipinski definition) is 4. The molecular weight excluding hydrogens is 234 g/mol. The van der Waals surface area contributed by atoms with Gasteiger partial charge in [-0.1, -0.05) is 0 Å². The normalized spacial score (nSPS) is 19.4. The van der Waals surface area contributed by atoms with Crippen LogP contribution in [-0.2, 0) is 9.59 Å². The molecule has 0 radical (unpaired) electrons. The Hall–Kier alpha value is -1.14. The molecule has 0 spiro atoms. The molecule has 0 saturated carbocycles. The van der Waals surface area contributed by atoms with Crippen molar-refractivity contribution in [2.24, 2.45) is 0 Å². The molecule has 0 aromatic heterocycles. The van der Waals surface area contributed by atoms with Crippen molar-refractivity contribution in [3.63, 3.8) is 0 Å². The number of carbonyl (C=O) groups is 2. The first-order valence-corrected chi connectivity index (χ1v) is 6.50. The molecule has 6 nitrogen and oxygen atoms in total. The van der Waals surface area contributed by atoms with Crippen LogP contribution in [-0.4, -0.2) is 72.1 Å². The van der Waals surface area contributed by atoms with Crippen LogP contribution in [0, 0.1) is 0 Å². The molecular formula is C12H23N3O3. The highest BCUT2D eigenvalue weighted by Crippen LogP contribution is 2.06. The van der Waals surface area contributed by atoms with Gasteiger partial charge in [0.2, 0.25) is 5.91 Å². The van der Waals surface area contributed by atoms with E-state index >= 15 is 0 Å². The zero-order chi connectivity index (χ0) is 13.5. The molecule has 18 heavy (non-hydrogen) atoms. The fraction of sp³-hybridized carbons (Fsp3) is 0.833. The Balaban J connectivity index is 2.23. The summed E-state index contributed by atoms with van der Waals surface area (Å²) in [5, 5.41) is 11.7. The van der Waals surface area contributed by atoms with Crippen LogP contribution < -0.4 is 5.32 Å². The van der Waals surface area contributed by atoms with Crippen LogP contribution >= 0.6 is 0 Å². The number of nitrogens with one attached hydrogen (secondary N) is 1. The third-order valence-corrected chi connectivity index (χ3v) is 3.34. The third-order valence-electron chi connectivity index (χ3n) is 3.34. The number of carboxylic acid groups (broad SMARTS) is 1. The highest BCUT2D eigenvalue weighted by atomic mass is 16.4. The number of carboxylic acids is 1. The maximum atomic E-state index is 11.3. The number of carbonyl (C=O) groups excluding carboxylic acids is 1. The summed E-state index contributed by atoms with van der Waals surface area (Å²) in [4.78, 5) is 26.4. The van der Waals surface area contributed by atoms with Crippen molar-refractivity contribution in [3.05, 3.63) is 0 Å². The van der Waals surface area contributed by atoms with Gasteiger partial charge in [-0.05, 0) is 13.8 Å². The van der Waals surface area contributed by atoms with Gasteiger partial charge in [-0.25, -0.2) is 0 Å². The summed E-state index contributed by atoms with van der Waals surface area (Å²) in [7, 11) is 0. The lowest BCUT2D eigenvalue weighted by atomic mass is 10.2. The lowest BCUT2D eigenvalue weighted by Crippen LogP contribution is -2.52. The Morgan fingerprint density at radius 3 is 2.39 bits per heavy atom. The van der Waals surface area contributed by atoms with E-state index < -0.39 is 12.0 Å². The molecule has 0 bridgehead atoms. The van der Waals surface area contributed by atoms with E-state index in [-0.39, 0.29) is 5.91 Å². The second kappa shape index (κ2) is 7.33. The molecule has 0 aliphatic carbocycles. The number of rotatable bonds is 6. The van der Waals surface area contributed by atoms with Gasteiger partial charge in [0, 0.05) is 45.7 Å². The highest BCUT2D eigenvalue weighted by molar-refractivity contribution is 5.76. The van der Waals surface area contributed by atoms with E-state index in [0.29, 0.717) is 13.0 Å². The maximum absolute atomic E-state index is 11.3. The first-order valence-electron chi connectivity index (χ1n) is 6.50. The molecule has 0 aromatic carbocycles. The van der Waals surface area contributed by atoms with E-state index in [0.717, 1.165) is 32.7 Å². The molecule has 1 aliphatic heterocycles. The maximum Gasteiger partial charge on any atom is 0.320 e. The van der Waals surface area contributed by atoms with E-state index in [1.54, 1.807) is 6.92 Å². The summed E-state index contributed by atoms with van der Waals surface area (Å²) in [6.07, 6.45) is 0.516. The Morgan fingerprint density at radius 1 is 1.28 bits per heavy atom. The second-order valence-corrected chi connectivity index (χ2v) is 4.60. The van der Waals surface area contributed by atoms with Crippen molar-refractivity contribution in [2.45, 2.75) is 26.3 Å². The Bertz CT molecular complexity index is 288. The average Bonchev–Trinajstić information content (AvgIpc) is 2.36. The minimum atomic E-state index is -0.772. The SMILES string of the molecule is CCNC(=O)CCN1CCN(C(C)C(=O)O)CC1. The summed E-state index contributed by atoms with van der Waals surface area (Å²) in [6.45, 7) is 8.21. The van der Waals surface area contributed by atoms with Crippen molar-refractivity contribution in [3.8, 4) is 0 Å². The van der Waals surface area contributed by atoms with Crippen LogP contribution in [0.3, 0.4) is 0 Å². The molecule has 104 valence electrons. The van der Waals surface area contributed by atoms with Crippen LogP contribution in [0.25, 0.3) is 0 Å². The van der Waals surface area contributed by atoms with Gasteiger partial charge in [0.05, 0.1) is 0 Å². The largest absolute Gasteiger partial charge is 0.480 e. The van der Waals surface area contributed by atoms with Crippen molar-refractivity contribution in [1.29, 1.82) is 0 Å².